The highest BCUT2D eigenvalue weighted by Gasteiger charge is 2.18. The summed E-state index contributed by atoms with van der Waals surface area (Å²) in [4.78, 5) is 21.3. The number of aryl methyl sites for hydroxylation is 1. The number of para-hydroxylation sites is 1. The summed E-state index contributed by atoms with van der Waals surface area (Å²) in [5.41, 5.74) is 2.35. The SMILES string of the molecule is Cc1nc(-c2c[nH]c3ccccc23)c(C(=O)O)[nH]1. The van der Waals surface area contributed by atoms with E-state index in [2.05, 4.69) is 15.0 Å². The van der Waals surface area contributed by atoms with Crippen molar-refractivity contribution in [1.82, 2.24) is 15.0 Å². The zero-order chi connectivity index (χ0) is 12.7. The van der Waals surface area contributed by atoms with Gasteiger partial charge in [-0.3, -0.25) is 0 Å². The Morgan fingerprint density at radius 3 is 2.89 bits per heavy atom. The van der Waals surface area contributed by atoms with Crippen LogP contribution in [-0.2, 0) is 0 Å². The molecule has 3 rings (SSSR count). The van der Waals surface area contributed by atoms with E-state index in [1.165, 1.54) is 0 Å². The van der Waals surface area contributed by atoms with Gasteiger partial charge in [0.25, 0.3) is 0 Å². The number of aromatic nitrogens is 3. The van der Waals surface area contributed by atoms with Gasteiger partial charge in [-0.2, -0.15) is 0 Å². The third-order valence-corrected chi connectivity index (χ3v) is 2.88. The minimum absolute atomic E-state index is 0.122. The lowest BCUT2D eigenvalue weighted by atomic mass is 10.1. The van der Waals surface area contributed by atoms with E-state index in [9.17, 15) is 4.79 Å². The monoisotopic (exact) mass is 241 g/mol. The van der Waals surface area contributed by atoms with Gasteiger partial charge >= 0.3 is 5.97 Å². The molecule has 0 spiro atoms. The Kier molecular flexibility index (Phi) is 2.19. The Morgan fingerprint density at radius 2 is 2.11 bits per heavy atom. The van der Waals surface area contributed by atoms with Crippen molar-refractivity contribution in [1.29, 1.82) is 0 Å². The number of nitrogens with one attached hydrogen (secondary N) is 2. The highest BCUT2D eigenvalue weighted by molar-refractivity contribution is 6.01. The molecule has 0 saturated carbocycles. The zero-order valence-electron chi connectivity index (χ0n) is 9.69. The van der Waals surface area contributed by atoms with Crippen molar-refractivity contribution in [3.8, 4) is 11.3 Å². The van der Waals surface area contributed by atoms with Crippen molar-refractivity contribution in [2.75, 3.05) is 0 Å². The van der Waals surface area contributed by atoms with Crippen LogP contribution >= 0.6 is 0 Å². The van der Waals surface area contributed by atoms with Gasteiger partial charge in [0.2, 0.25) is 0 Å². The van der Waals surface area contributed by atoms with Crippen LogP contribution in [0.1, 0.15) is 16.3 Å². The Hall–Kier alpha value is -2.56. The molecule has 3 N–H and O–H groups in total. The lowest BCUT2D eigenvalue weighted by Gasteiger charge is -1.96. The Labute approximate surface area is 102 Å². The summed E-state index contributed by atoms with van der Waals surface area (Å²) < 4.78 is 0. The first-order chi connectivity index (χ1) is 8.66. The summed E-state index contributed by atoms with van der Waals surface area (Å²) in [5, 5.41) is 10.1. The summed E-state index contributed by atoms with van der Waals surface area (Å²) >= 11 is 0. The van der Waals surface area contributed by atoms with Crippen LogP contribution in [0, 0.1) is 6.92 Å². The Balaban J connectivity index is 2.29. The van der Waals surface area contributed by atoms with Crippen LogP contribution in [0.2, 0.25) is 0 Å². The summed E-state index contributed by atoms with van der Waals surface area (Å²) in [6.45, 7) is 1.74. The molecule has 2 aromatic heterocycles. The van der Waals surface area contributed by atoms with Crippen molar-refractivity contribution in [3.63, 3.8) is 0 Å². The van der Waals surface area contributed by atoms with E-state index in [0.717, 1.165) is 16.5 Å². The maximum absolute atomic E-state index is 11.2. The number of imidazole rings is 1. The Bertz CT molecular complexity index is 740. The maximum atomic E-state index is 11.2. The number of H-pyrrole nitrogens is 2. The molecule has 5 heteroatoms. The van der Waals surface area contributed by atoms with Crippen LogP contribution in [0.25, 0.3) is 22.2 Å². The number of rotatable bonds is 2. The van der Waals surface area contributed by atoms with Crippen LogP contribution in [-0.4, -0.2) is 26.0 Å². The number of hydrogen-bond donors (Lipinski definition) is 3. The van der Waals surface area contributed by atoms with Gasteiger partial charge in [0, 0.05) is 22.7 Å². The van der Waals surface area contributed by atoms with Crippen molar-refractivity contribution in [3.05, 3.63) is 42.0 Å². The van der Waals surface area contributed by atoms with Crippen LogP contribution in [0.3, 0.4) is 0 Å². The highest BCUT2D eigenvalue weighted by Crippen LogP contribution is 2.29. The lowest BCUT2D eigenvalue weighted by molar-refractivity contribution is 0.0692. The molecule has 0 saturated heterocycles. The highest BCUT2D eigenvalue weighted by atomic mass is 16.4. The molecule has 1 aromatic carbocycles. The fourth-order valence-electron chi connectivity index (χ4n) is 2.11. The summed E-state index contributed by atoms with van der Waals surface area (Å²) in [6.07, 6.45) is 1.78. The average molecular weight is 241 g/mol. The molecule has 0 atom stereocenters. The van der Waals surface area contributed by atoms with E-state index in [1.807, 2.05) is 24.3 Å². The molecule has 0 radical (unpaired) electrons. The number of aromatic carboxylic acids is 1. The predicted molar refractivity (Wildman–Crippen MR) is 67.6 cm³/mol. The van der Waals surface area contributed by atoms with Gasteiger partial charge in [0.15, 0.2) is 5.69 Å². The molecule has 5 nitrogen and oxygen atoms in total. The molecule has 0 bridgehead atoms. The van der Waals surface area contributed by atoms with Crippen LogP contribution in [0.15, 0.2) is 30.5 Å². The molecule has 3 aromatic rings. The summed E-state index contributed by atoms with van der Waals surface area (Å²) in [6, 6.07) is 7.73. The third-order valence-electron chi connectivity index (χ3n) is 2.88. The van der Waals surface area contributed by atoms with E-state index < -0.39 is 5.97 Å². The largest absolute Gasteiger partial charge is 0.477 e. The smallest absolute Gasteiger partial charge is 0.354 e. The third kappa shape index (κ3) is 1.48. The number of carbonyl (C=O) groups is 1. The second-order valence-corrected chi connectivity index (χ2v) is 4.10. The first kappa shape index (κ1) is 10.6. The van der Waals surface area contributed by atoms with Crippen molar-refractivity contribution in [2.45, 2.75) is 6.92 Å². The number of hydrogen-bond acceptors (Lipinski definition) is 2. The predicted octanol–water partition coefficient (Wildman–Crippen LogP) is 2.56. The van der Waals surface area contributed by atoms with Gasteiger partial charge in [0.1, 0.15) is 11.5 Å². The van der Waals surface area contributed by atoms with E-state index >= 15 is 0 Å². The van der Waals surface area contributed by atoms with Crippen molar-refractivity contribution < 1.29 is 9.90 Å². The minimum atomic E-state index is -1.00. The molecule has 2 heterocycles. The molecule has 0 amide bonds. The first-order valence-corrected chi connectivity index (χ1v) is 5.53. The van der Waals surface area contributed by atoms with Gasteiger partial charge in [-0.05, 0) is 13.0 Å². The average Bonchev–Trinajstić information content (AvgIpc) is 2.92. The molecular formula is C13H11N3O2. The topological polar surface area (TPSA) is 81.8 Å². The van der Waals surface area contributed by atoms with Gasteiger partial charge in [-0.15, -0.1) is 0 Å². The number of aromatic amines is 2. The first-order valence-electron chi connectivity index (χ1n) is 5.53. The fraction of sp³-hybridized carbons (Fsp3) is 0.0769. The summed E-state index contributed by atoms with van der Waals surface area (Å²) in [7, 11) is 0. The number of fused-ring (bicyclic) bond motifs is 1. The number of nitrogens with zero attached hydrogens (tertiary/aromatic N) is 1. The quantitative estimate of drug-likeness (QED) is 0.644. The Morgan fingerprint density at radius 1 is 1.33 bits per heavy atom. The normalized spacial score (nSPS) is 10.9. The van der Waals surface area contributed by atoms with E-state index in [0.29, 0.717) is 11.5 Å². The van der Waals surface area contributed by atoms with E-state index in [4.69, 9.17) is 5.11 Å². The zero-order valence-corrected chi connectivity index (χ0v) is 9.69. The molecule has 0 fully saturated rings. The van der Waals surface area contributed by atoms with Gasteiger partial charge in [-0.1, -0.05) is 18.2 Å². The van der Waals surface area contributed by atoms with Gasteiger partial charge in [-0.25, -0.2) is 9.78 Å². The number of carboxylic acids is 1. The molecule has 90 valence electrons. The molecule has 0 aliphatic heterocycles. The fourth-order valence-corrected chi connectivity index (χ4v) is 2.11. The molecule has 0 aliphatic carbocycles. The number of carboxylic acid groups (broad SMARTS) is 1. The van der Waals surface area contributed by atoms with Crippen molar-refractivity contribution in [2.24, 2.45) is 0 Å². The van der Waals surface area contributed by atoms with E-state index in [-0.39, 0.29) is 5.69 Å². The summed E-state index contributed by atoms with van der Waals surface area (Å²) in [5.74, 6) is -0.413. The molecule has 0 unspecified atom stereocenters. The second-order valence-electron chi connectivity index (χ2n) is 4.10. The second kappa shape index (κ2) is 3.73. The van der Waals surface area contributed by atoms with Gasteiger partial charge < -0.3 is 15.1 Å². The van der Waals surface area contributed by atoms with E-state index in [1.54, 1.807) is 13.1 Å². The minimum Gasteiger partial charge on any atom is -0.477 e. The van der Waals surface area contributed by atoms with Crippen molar-refractivity contribution >= 4 is 16.9 Å². The molecule has 18 heavy (non-hydrogen) atoms. The van der Waals surface area contributed by atoms with Crippen LogP contribution in [0.5, 0.6) is 0 Å². The standard InChI is InChI=1S/C13H11N3O2/c1-7-15-11(12(16-7)13(17)18)9-6-14-10-5-3-2-4-8(9)10/h2-6,14H,1H3,(H,15,16)(H,17,18). The lowest BCUT2D eigenvalue weighted by Crippen LogP contribution is -1.98. The molecule has 0 aliphatic rings. The maximum Gasteiger partial charge on any atom is 0.354 e. The van der Waals surface area contributed by atoms with Crippen LogP contribution < -0.4 is 0 Å². The van der Waals surface area contributed by atoms with Gasteiger partial charge in [0.05, 0.1) is 0 Å². The molecular weight excluding hydrogens is 230 g/mol. The number of benzene rings is 1. The van der Waals surface area contributed by atoms with Crippen LogP contribution in [0.4, 0.5) is 0 Å².